The number of nitro benzene ring substituents is 1. The lowest BCUT2D eigenvalue weighted by Gasteiger charge is -2.38. The molecule has 2 fully saturated rings. The maximum atomic E-state index is 13.2. The van der Waals surface area contributed by atoms with Gasteiger partial charge in [0.1, 0.15) is 17.1 Å². The van der Waals surface area contributed by atoms with E-state index < -0.39 is 31.4 Å². The molecule has 1 saturated carbocycles. The number of para-hydroxylation sites is 1. The summed E-state index contributed by atoms with van der Waals surface area (Å²) in [7, 11) is -4.49. The minimum absolute atomic E-state index is 0.0122. The number of nitrogens with one attached hydrogen (secondary N) is 2. The Hall–Kier alpha value is -4.53. The van der Waals surface area contributed by atoms with Crippen molar-refractivity contribution in [2.24, 2.45) is 0 Å². The standard InChI is InChI=1S/C30H31N5O8S/c36-30(25-3-1-2-4-27(25)43-23-17-20-11-12-31-29(20)32-19-23)33-44(39,40)24-9-10-28(26(18-24)35(37)38)42-22-7-5-21(6-8-22)34-13-15-41-16-14-34/h1-4,9-12,17-19,21-22H,5-8,13-16H2,(H,31,32)(H,33,36). The van der Waals surface area contributed by atoms with E-state index in [0.717, 1.165) is 63.4 Å². The van der Waals surface area contributed by atoms with Crippen molar-refractivity contribution in [3.63, 3.8) is 0 Å². The Morgan fingerprint density at radius 1 is 1.05 bits per heavy atom. The van der Waals surface area contributed by atoms with Crippen LogP contribution in [0.4, 0.5) is 5.69 Å². The van der Waals surface area contributed by atoms with Gasteiger partial charge in [0.2, 0.25) is 0 Å². The average Bonchev–Trinajstić information content (AvgIpc) is 3.50. The van der Waals surface area contributed by atoms with Crippen LogP contribution in [0, 0.1) is 10.1 Å². The van der Waals surface area contributed by atoms with Crippen LogP contribution in [0.1, 0.15) is 36.0 Å². The molecule has 14 heteroatoms. The van der Waals surface area contributed by atoms with Gasteiger partial charge in [-0.1, -0.05) is 12.1 Å². The van der Waals surface area contributed by atoms with E-state index in [1.54, 1.807) is 24.4 Å². The Kier molecular flexibility index (Phi) is 8.46. The number of fused-ring (bicyclic) bond motifs is 1. The molecule has 0 radical (unpaired) electrons. The molecule has 2 aromatic heterocycles. The van der Waals surface area contributed by atoms with E-state index in [0.29, 0.717) is 17.4 Å². The second kappa shape index (κ2) is 12.6. The molecular weight excluding hydrogens is 590 g/mol. The Bertz CT molecular complexity index is 1780. The van der Waals surface area contributed by atoms with E-state index >= 15 is 0 Å². The van der Waals surface area contributed by atoms with Crippen molar-refractivity contribution in [1.82, 2.24) is 19.6 Å². The molecule has 1 aliphatic carbocycles. The van der Waals surface area contributed by atoms with E-state index in [2.05, 4.69) is 14.9 Å². The van der Waals surface area contributed by atoms with Gasteiger partial charge in [-0.3, -0.25) is 19.8 Å². The largest absolute Gasteiger partial charge is 0.484 e. The third-order valence-electron chi connectivity index (χ3n) is 7.90. The summed E-state index contributed by atoms with van der Waals surface area (Å²) >= 11 is 0. The van der Waals surface area contributed by atoms with Crippen LogP contribution >= 0.6 is 0 Å². The van der Waals surface area contributed by atoms with Crippen LogP contribution in [-0.2, 0) is 14.8 Å². The smallest absolute Gasteiger partial charge is 0.312 e. The summed E-state index contributed by atoms with van der Waals surface area (Å²) in [6.07, 6.45) is 6.24. The predicted octanol–water partition coefficient (Wildman–Crippen LogP) is 4.40. The Labute approximate surface area is 253 Å². The van der Waals surface area contributed by atoms with E-state index in [9.17, 15) is 23.3 Å². The Morgan fingerprint density at radius 2 is 1.82 bits per heavy atom. The molecule has 1 saturated heterocycles. The topological polar surface area (TPSA) is 166 Å². The summed E-state index contributed by atoms with van der Waals surface area (Å²) in [6, 6.07) is 13.5. The Balaban J connectivity index is 1.14. The van der Waals surface area contributed by atoms with Crippen LogP contribution in [0.5, 0.6) is 17.2 Å². The fraction of sp³-hybridized carbons (Fsp3) is 0.333. The third kappa shape index (κ3) is 6.51. The zero-order valence-corrected chi connectivity index (χ0v) is 24.5. The van der Waals surface area contributed by atoms with Crippen LogP contribution in [0.3, 0.4) is 0 Å². The van der Waals surface area contributed by atoms with Gasteiger partial charge in [0.25, 0.3) is 15.9 Å². The number of nitrogens with zero attached hydrogens (tertiary/aromatic N) is 3. The minimum atomic E-state index is -4.49. The second-order valence-electron chi connectivity index (χ2n) is 10.7. The summed E-state index contributed by atoms with van der Waals surface area (Å²) < 4.78 is 45.7. The lowest BCUT2D eigenvalue weighted by Crippen LogP contribution is -2.46. The minimum Gasteiger partial charge on any atom is -0.484 e. The molecule has 0 atom stereocenters. The molecule has 44 heavy (non-hydrogen) atoms. The predicted molar refractivity (Wildman–Crippen MR) is 159 cm³/mol. The summed E-state index contributed by atoms with van der Waals surface area (Å²) in [4.78, 5) is 33.6. The first-order valence-corrected chi connectivity index (χ1v) is 15.8. The van der Waals surface area contributed by atoms with Crippen molar-refractivity contribution in [2.75, 3.05) is 26.3 Å². The van der Waals surface area contributed by atoms with E-state index in [1.807, 2.05) is 10.8 Å². The molecule has 2 aromatic carbocycles. The highest BCUT2D eigenvalue weighted by Crippen LogP contribution is 2.34. The molecule has 1 amide bonds. The first-order valence-electron chi connectivity index (χ1n) is 14.3. The maximum absolute atomic E-state index is 13.2. The molecule has 3 heterocycles. The fourth-order valence-electron chi connectivity index (χ4n) is 5.64. The molecule has 2 aliphatic rings. The van der Waals surface area contributed by atoms with E-state index in [1.165, 1.54) is 30.5 Å². The lowest BCUT2D eigenvalue weighted by atomic mass is 9.91. The summed E-state index contributed by atoms with van der Waals surface area (Å²) in [5, 5.41) is 12.7. The van der Waals surface area contributed by atoms with Crippen molar-refractivity contribution in [2.45, 2.75) is 42.7 Å². The molecule has 0 bridgehead atoms. The van der Waals surface area contributed by atoms with Gasteiger partial charge in [0, 0.05) is 36.8 Å². The first kappa shape index (κ1) is 29.5. The molecule has 13 nitrogen and oxygen atoms in total. The number of morpholine rings is 1. The van der Waals surface area contributed by atoms with Gasteiger partial charge in [-0.25, -0.2) is 18.1 Å². The SMILES string of the molecule is O=C(NS(=O)(=O)c1ccc(OC2CCC(N3CCOCC3)CC2)c([N+](=O)[O-])c1)c1ccccc1Oc1cnc2[nH]ccc2c1. The van der Waals surface area contributed by atoms with Gasteiger partial charge in [-0.2, -0.15) is 0 Å². The average molecular weight is 622 g/mol. The van der Waals surface area contributed by atoms with Crippen molar-refractivity contribution in [1.29, 1.82) is 0 Å². The highest BCUT2D eigenvalue weighted by molar-refractivity contribution is 7.90. The van der Waals surface area contributed by atoms with Crippen molar-refractivity contribution >= 4 is 32.7 Å². The summed E-state index contributed by atoms with van der Waals surface area (Å²) in [6.45, 7) is 3.24. The highest BCUT2D eigenvalue weighted by atomic mass is 32.2. The number of amides is 1. The molecule has 2 N–H and O–H groups in total. The summed E-state index contributed by atoms with van der Waals surface area (Å²) in [5.41, 5.74) is 0.121. The maximum Gasteiger partial charge on any atom is 0.312 e. The number of ether oxygens (including phenoxy) is 3. The molecule has 6 rings (SSSR count). The van der Waals surface area contributed by atoms with Crippen LogP contribution < -0.4 is 14.2 Å². The van der Waals surface area contributed by atoms with Crippen molar-refractivity contribution < 1.29 is 32.3 Å². The normalized spacial score (nSPS) is 19.4. The molecule has 230 valence electrons. The van der Waals surface area contributed by atoms with Crippen LogP contribution in [0.25, 0.3) is 11.0 Å². The monoisotopic (exact) mass is 621 g/mol. The van der Waals surface area contributed by atoms with E-state index in [4.69, 9.17) is 14.2 Å². The number of carbonyl (C=O) groups excluding carboxylic acids is 1. The van der Waals surface area contributed by atoms with Gasteiger partial charge in [-0.05, 0) is 62.1 Å². The number of H-pyrrole nitrogens is 1. The number of rotatable bonds is 9. The van der Waals surface area contributed by atoms with Crippen LogP contribution in [-0.4, -0.2) is 72.6 Å². The number of aromatic nitrogens is 2. The fourth-order valence-corrected chi connectivity index (χ4v) is 6.62. The number of sulfonamides is 1. The number of benzene rings is 2. The number of aromatic amines is 1. The zero-order chi connectivity index (χ0) is 30.7. The molecule has 0 unspecified atom stereocenters. The highest BCUT2D eigenvalue weighted by Gasteiger charge is 2.30. The number of hydrogen-bond acceptors (Lipinski definition) is 10. The number of pyridine rings is 1. The second-order valence-corrected chi connectivity index (χ2v) is 12.4. The third-order valence-corrected chi connectivity index (χ3v) is 9.23. The molecule has 4 aromatic rings. The van der Waals surface area contributed by atoms with Gasteiger partial charge < -0.3 is 19.2 Å². The zero-order valence-electron chi connectivity index (χ0n) is 23.7. The van der Waals surface area contributed by atoms with Gasteiger partial charge in [0.15, 0.2) is 5.75 Å². The van der Waals surface area contributed by atoms with Gasteiger partial charge in [-0.15, -0.1) is 0 Å². The lowest BCUT2D eigenvalue weighted by molar-refractivity contribution is -0.386. The van der Waals surface area contributed by atoms with Crippen molar-refractivity contribution in [3.05, 3.63) is 82.7 Å². The Morgan fingerprint density at radius 3 is 2.59 bits per heavy atom. The van der Waals surface area contributed by atoms with Crippen molar-refractivity contribution in [3.8, 4) is 17.2 Å². The number of hydrogen-bond donors (Lipinski definition) is 2. The quantitative estimate of drug-likeness (QED) is 0.202. The molecule has 0 spiro atoms. The van der Waals surface area contributed by atoms with E-state index in [-0.39, 0.29) is 23.2 Å². The number of carbonyl (C=O) groups is 1. The van der Waals surface area contributed by atoms with Crippen LogP contribution in [0.2, 0.25) is 0 Å². The van der Waals surface area contributed by atoms with Gasteiger partial charge in [0.05, 0.1) is 40.9 Å². The molecular formula is C30H31N5O8S. The summed E-state index contributed by atoms with van der Waals surface area (Å²) in [5.74, 6) is -0.519. The molecule has 1 aliphatic heterocycles. The number of nitro groups is 1. The van der Waals surface area contributed by atoms with Gasteiger partial charge >= 0.3 is 5.69 Å². The first-order chi connectivity index (χ1) is 21.3. The van der Waals surface area contributed by atoms with Crippen LogP contribution in [0.15, 0.2) is 71.9 Å².